The molecular weight excluding hydrogens is 378 g/mol. The van der Waals surface area contributed by atoms with Gasteiger partial charge in [0, 0.05) is 57.1 Å². The molecule has 0 saturated carbocycles. The minimum Gasteiger partial charge on any atom is -0.378 e. The van der Waals surface area contributed by atoms with Crippen molar-refractivity contribution < 1.29 is 4.74 Å². The van der Waals surface area contributed by atoms with Gasteiger partial charge in [0.05, 0.1) is 30.5 Å². The Morgan fingerprint density at radius 2 is 2.00 bits per heavy atom. The number of nitrogens with one attached hydrogen (secondary N) is 2. The minimum atomic E-state index is 0.156. The number of hydrazine groups is 1. The fourth-order valence-corrected chi connectivity index (χ4v) is 4.11. The van der Waals surface area contributed by atoms with Crippen LogP contribution in [0.4, 0.5) is 11.6 Å². The first-order valence-electron chi connectivity index (χ1n) is 10.5. The van der Waals surface area contributed by atoms with Gasteiger partial charge in [-0.05, 0) is 36.2 Å². The zero-order valence-corrected chi connectivity index (χ0v) is 17.4. The van der Waals surface area contributed by atoms with Gasteiger partial charge in [0.25, 0.3) is 0 Å². The lowest BCUT2D eigenvalue weighted by atomic mass is 10.00. The minimum absolute atomic E-state index is 0.156. The highest BCUT2D eigenvalue weighted by Gasteiger charge is 2.23. The number of hydrogen-bond donors (Lipinski definition) is 2. The van der Waals surface area contributed by atoms with Crippen LogP contribution in [0.1, 0.15) is 18.2 Å². The number of ether oxygens (including phenoxy) is 1. The van der Waals surface area contributed by atoms with Gasteiger partial charge in [-0.15, -0.1) is 0 Å². The molecule has 8 nitrogen and oxygen atoms in total. The molecule has 2 N–H and O–H groups in total. The van der Waals surface area contributed by atoms with Gasteiger partial charge in [-0.1, -0.05) is 0 Å². The van der Waals surface area contributed by atoms with Crippen molar-refractivity contribution in [2.75, 3.05) is 56.7 Å². The van der Waals surface area contributed by atoms with E-state index in [4.69, 9.17) is 14.7 Å². The number of aromatic nitrogens is 3. The molecule has 2 fully saturated rings. The summed E-state index contributed by atoms with van der Waals surface area (Å²) in [5, 5.41) is 1.10. The van der Waals surface area contributed by atoms with Crippen molar-refractivity contribution in [1.29, 1.82) is 0 Å². The van der Waals surface area contributed by atoms with E-state index >= 15 is 0 Å². The maximum Gasteiger partial charge on any atom is 0.130 e. The van der Waals surface area contributed by atoms with Crippen LogP contribution in [-0.4, -0.2) is 61.9 Å². The highest BCUT2D eigenvalue weighted by molar-refractivity contribution is 5.97. The Morgan fingerprint density at radius 1 is 1.13 bits per heavy atom. The van der Waals surface area contributed by atoms with Gasteiger partial charge in [-0.25, -0.2) is 15.4 Å². The van der Waals surface area contributed by atoms with Gasteiger partial charge in [0.15, 0.2) is 0 Å². The molecule has 2 saturated heterocycles. The van der Waals surface area contributed by atoms with Crippen LogP contribution < -0.4 is 20.7 Å². The summed E-state index contributed by atoms with van der Waals surface area (Å²) in [7, 11) is 4.00. The van der Waals surface area contributed by atoms with Crippen molar-refractivity contribution in [3.05, 3.63) is 42.4 Å². The second kappa shape index (κ2) is 8.14. The van der Waals surface area contributed by atoms with E-state index in [0.29, 0.717) is 0 Å². The number of hydrogen-bond acceptors (Lipinski definition) is 8. The molecule has 5 heterocycles. The van der Waals surface area contributed by atoms with Gasteiger partial charge < -0.3 is 14.5 Å². The standard InChI is InChI=1S/C22H27N7O/c1-28(2)19-4-3-15(14-24-19)17-13-20(29-9-11-30-12-10-29)26-21-16(17)5-7-23-22(21)18-6-8-25-27-18/h3-5,7,13-14,18,25,27H,6,8-12H2,1-2H3. The Labute approximate surface area is 176 Å². The lowest BCUT2D eigenvalue weighted by molar-refractivity contribution is 0.122. The SMILES string of the molecule is CN(C)c1ccc(-c2cc(N3CCOCC3)nc3c(C4CCNN4)nccc23)cn1. The number of anilines is 2. The van der Waals surface area contributed by atoms with Crippen LogP contribution in [0.25, 0.3) is 22.0 Å². The first kappa shape index (κ1) is 19.2. The summed E-state index contributed by atoms with van der Waals surface area (Å²) in [5.41, 5.74) is 10.7. The molecule has 0 spiro atoms. The maximum atomic E-state index is 5.55. The number of morpholine rings is 1. The van der Waals surface area contributed by atoms with Gasteiger partial charge in [0.1, 0.15) is 11.6 Å². The molecule has 156 valence electrons. The largest absolute Gasteiger partial charge is 0.378 e. The van der Waals surface area contributed by atoms with E-state index in [-0.39, 0.29) is 6.04 Å². The molecule has 0 radical (unpaired) electrons. The van der Waals surface area contributed by atoms with Crippen LogP contribution in [0.2, 0.25) is 0 Å². The predicted octanol–water partition coefficient (Wildman–Crippen LogP) is 2.13. The summed E-state index contributed by atoms with van der Waals surface area (Å²) < 4.78 is 5.55. The Morgan fingerprint density at radius 3 is 2.70 bits per heavy atom. The van der Waals surface area contributed by atoms with Gasteiger partial charge >= 0.3 is 0 Å². The molecule has 0 bridgehead atoms. The Bertz CT molecular complexity index is 1030. The smallest absolute Gasteiger partial charge is 0.130 e. The summed E-state index contributed by atoms with van der Waals surface area (Å²) in [6, 6.07) is 8.59. The van der Waals surface area contributed by atoms with Crippen LogP contribution in [0.3, 0.4) is 0 Å². The predicted molar refractivity (Wildman–Crippen MR) is 119 cm³/mol. The molecule has 0 aromatic carbocycles. The third kappa shape index (κ3) is 3.58. The number of rotatable bonds is 4. The van der Waals surface area contributed by atoms with E-state index < -0.39 is 0 Å². The zero-order valence-electron chi connectivity index (χ0n) is 17.4. The van der Waals surface area contributed by atoms with Crippen molar-refractivity contribution >= 4 is 22.5 Å². The third-order valence-corrected chi connectivity index (χ3v) is 5.76. The van der Waals surface area contributed by atoms with Gasteiger partial charge in [0.2, 0.25) is 0 Å². The lowest BCUT2D eigenvalue weighted by Gasteiger charge is -2.29. The molecule has 8 heteroatoms. The molecule has 1 atom stereocenters. The molecule has 2 aliphatic rings. The first-order valence-corrected chi connectivity index (χ1v) is 10.5. The Balaban J connectivity index is 1.68. The summed E-state index contributed by atoms with van der Waals surface area (Å²) in [4.78, 5) is 18.7. The third-order valence-electron chi connectivity index (χ3n) is 5.76. The molecule has 2 aliphatic heterocycles. The lowest BCUT2D eigenvalue weighted by Crippen LogP contribution is -2.36. The highest BCUT2D eigenvalue weighted by Crippen LogP contribution is 2.35. The van der Waals surface area contributed by atoms with E-state index in [9.17, 15) is 0 Å². The van der Waals surface area contributed by atoms with Gasteiger partial charge in [-0.2, -0.15) is 0 Å². The second-order valence-electron chi connectivity index (χ2n) is 7.93. The van der Waals surface area contributed by atoms with Crippen LogP contribution in [-0.2, 0) is 4.74 Å². The zero-order chi connectivity index (χ0) is 20.5. The molecular formula is C22H27N7O. The number of fused-ring (bicyclic) bond motifs is 1. The topological polar surface area (TPSA) is 78.4 Å². The van der Waals surface area contributed by atoms with Crippen molar-refractivity contribution in [2.45, 2.75) is 12.5 Å². The van der Waals surface area contributed by atoms with E-state index in [2.05, 4.69) is 45.0 Å². The normalized spacial score (nSPS) is 19.4. The van der Waals surface area contributed by atoms with Crippen molar-refractivity contribution in [3.8, 4) is 11.1 Å². The molecule has 5 rings (SSSR count). The number of pyridine rings is 3. The average molecular weight is 406 g/mol. The molecule has 3 aromatic rings. The molecule has 1 unspecified atom stereocenters. The van der Waals surface area contributed by atoms with Crippen LogP contribution in [0, 0.1) is 0 Å². The van der Waals surface area contributed by atoms with Crippen LogP contribution in [0.5, 0.6) is 0 Å². The van der Waals surface area contributed by atoms with E-state index in [1.165, 1.54) is 0 Å². The first-order chi connectivity index (χ1) is 14.7. The van der Waals surface area contributed by atoms with E-state index in [1.807, 2.05) is 31.4 Å². The second-order valence-corrected chi connectivity index (χ2v) is 7.93. The summed E-state index contributed by atoms with van der Waals surface area (Å²) in [5.74, 6) is 1.91. The summed E-state index contributed by atoms with van der Waals surface area (Å²) >= 11 is 0. The fraction of sp³-hybridized carbons (Fsp3) is 0.409. The highest BCUT2D eigenvalue weighted by atomic mass is 16.5. The molecule has 3 aromatic heterocycles. The fourth-order valence-electron chi connectivity index (χ4n) is 4.11. The molecule has 30 heavy (non-hydrogen) atoms. The van der Waals surface area contributed by atoms with Crippen molar-refractivity contribution in [2.24, 2.45) is 0 Å². The maximum absolute atomic E-state index is 5.55. The van der Waals surface area contributed by atoms with E-state index in [1.54, 1.807) is 0 Å². The van der Waals surface area contributed by atoms with Crippen molar-refractivity contribution in [1.82, 2.24) is 25.8 Å². The van der Waals surface area contributed by atoms with Crippen LogP contribution in [0.15, 0.2) is 36.7 Å². The number of nitrogens with zero attached hydrogens (tertiary/aromatic N) is 5. The summed E-state index contributed by atoms with van der Waals surface area (Å²) in [6.07, 6.45) is 4.82. The van der Waals surface area contributed by atoms with Crippen molar-refractivity contribution in [3.63, 3.8) is 0 Å². The molecule has 0 amide bonds. The molecule has 0 aliphatic carbocycles. The van der Waals surface area contributed by atoms with E-state index in [0.717, 1.165) is 78.6 Å². The quantitative estimate of drug-likeness (QED) is 0.684. The average Bonchev–Trinajstić information content (AvgIpc) is 3.33. The summed E-state index contributed by atoms with van der Waals surface area (Å²) in [6.45, 7) is 4.06. The van der Waals surface area contributed by atoms with Gasteiger partial charge in [-0.3, -0.25) is 10.4 Å². The Kier molecular flexibility index (Phi) is 5.20. The van der Waals surface area contributed by atoms with Crippen LogP contribution >= 0.6 is 0 Å². The monoisotopic (exact) mass is 405 g/mol. The Hall–Kier alpha value is -2.81.